The maximum absolute atomic E-state index is 10.7. The second-order valence-corrected chi connectivity index (χ2v) is 5.46. The minimum atomic E-state index is -0.984. The number of aliphatic hydroxyl groups excluding tert-OH is 1. The van der Waals surface area contributed by atoms with E-state index in [2.05, 4.69) is 0 Å². The van der Waals surface area contributed by atoms with Gasteiger partial charge in [-0.25, -0.2) is 0 Å². The quantitative estimate of drug-likeness (QED) is 0.937. The smallest absolute Gasteiger partial charge is 0.249 e. The van der Waals surface area contributed by atoms with Gasteiger partial charge in [0.15, 0.2) is 0 Å². The molecular formula is C18H16O3. The van der Waals surface area contributed by atoms with Gasteiger partial charge in [-0.2, -0.15) is 0 Å². The van der Waals surface area contributed by atoms with Gasteiger partial charge in [-0.1, -0.05) is 60.7 Å². The van der Waals surface area contributed by atoms with Gasteiger partial charge in [0, 0.05) is 0 Å². The van der Waals surface area contributed by atoms with Gasteiger partial charge in [0.25, 0.3) is 0 Å². The predicted molar refractivity (Wildman–Crippen MR) is 78.1 cm³/mol. The number of aliphatic hydroxyl groups is 1. The first-order chi connectivity index (χ1) is 10.3. The van der Waals surface area contributed by atoms with E-state index in [0.717, 1.165) is 11.1 Å². The first-order valence-electron chi connectivity index (χ1n) is 7.11. The zero-order valence-corrected chi connectivity index (χ0v) is 11.4. The summed E-state index contributed by atoms with van der Waals surface area (Å²) in [4.78, 5) is 0. The highest BCUT2D eigenvalue weighted by Crippen LogP contribution is 2.58. The largest absolute Gasteiger partial charge is 0.466 e. The lowest BCUT2D eigenvalue weighted by atomic mass is 9.78. The molecule has 2 heterocycles. The van der Waals surface area contributed by atoms with Crippen LogP contribution in [0.3, 0.4) is 0 Å². The van der Waals surface area contributed by atoms with Crippen molar-refractivity contribution < 1.29 is 14.6 Å². The van der Waals surface area contributed by atoms with E-state index in [9.17, 15) is 5.11 Å². The van der Waals surface area contributed by atoms with Crippen molar-refractivity contribution in [3.05, 3.63) is 84.1 Å². The molecule has 3 heteroatoms. The fraction of sp³-hybridized carbons (Fsp3) is 0.222. The number of fused-ring (bicyclic) bond motifs is 1. The van der Waals surface area contributed by atoms with E-state index < -0.39 is 11.9 Å². The Morgan fingerprint density at radius 2 is 1.62 bits per heavy atom. The Morgan fingerprint density at radius 3 is 2.33 bits per heavy atom. The Labute approximate surface area is 123 Å². The van der Waals surface area contributed by atoms with Crippen molar-refractivity contribution in [2.24, 2.45) is 5.92 Å². The number of hydrogen-bond donors (Lipinski definition) is 1. The van der Waals surface area contributed by atoms with Crippen molar-refractivity contribution in [2.75, 3.05) is 0 Å². The van der Waals surface area contributed by atoms with Gasteiger partial charge in [-0.3, -0.25) is 0 Å². The van der Waals surface area contributed by atoms with Crippen LogP contribution in [0, 0.1) is 5.92 Å². The summed E-state index contributed by atoms with van der Waals surface area (Å²) >= 11 is 0. The molecule has 3 nitrogen and oxygen atoms in total. The van der Waals surface area contributed by atoms with Gasteiger partial charge in [-0.05, 0) is 17.2 Å². The van der Waals surface area contributed by atoms with Crippen LogP contribution in [0.25, 0.3) is 0 Å². The summed E-state index contributed by atoms with van der Waals surface area (Å²) in [6, 6.07) is 19.5. The van der Waals surface area contributed by atoms with E-state index in [4.69, 9.17) is 9.47 Å². The Balaban J connectivity index is 1.62. The standard InChI is InChI=1S/C18H16O3/c19-17(14-9-5-2-6-10-14)18-15(11-12-20-18)16(21-18)13-7-3-1-4-8-13/h1-12,15-17,19H/t15-,16+,17-,18-/m1/s1. The molecule has 1 saturated heterocycles. The zero-order valence-electron chi connectivity index (χ0n) is 11.4. The highest BCUT2D eigenvalue weighted by Gasteiger charge is 2.63. The average Bonchev–Trinajstić information content (AvgIpc) is 2.86. The Kier molecular flexibility index (Phi) is 2.84. The van der Waals surface area contributed by atoms with Crippen molar-refractivity contribution in [1.82, 2.24) is 0 Å². The van der Waals surface area contributed by atoms with Gasteiger partial charge < -0.3 is 14.6 Å². The third-order valence-corrected chi connectivity index (χ3v) is 4.26. The monoisotopic (exact) mass is 280 g/mol. The van der Waals surface area contributed by atoms with E-state index in [1.54, 1.807) is 6.26 Å². The number of ether oxygens (including phenoxy) is 2. The Hall–Kier alpha value is -2.10. The molecular weight excluding hydrogens is 264 g/mol. The third kappa shape index (κ3) is 1.82. The van der Waals surface area contributed by atoms with Crippen molar-refractivity contribution in [2.45, 2.75) is 18.0 Å². The van der Waals surface area contributed by atoms with E-state index in [-0.39, 0.29) is 12.0 Å². The topological polar surface area (TPSA) is 38.7 Å². The fourth-order valence-electron chi connectivity index (χ4n) is 3.16. The van der Waals surface area contributed by atoms with Crippen molar-refractivity contribution in [3.8, 4) is 0 Å². The minimum absolute atomic E-state index is 0.0232. The molecule has 4 rings (SSSR count). The van der Waals surface area contributed by atoms with Crippen LogP contribution in [-0.4, -0.2) is 10.9 Å². The summed E-state index contributed by atoms with van der Waals surface area (Å²) in [6.45, 7) is 0. The molecule has 4 atom stereocenters. The SMILES string of the molecule is O[C@H](c1ccccc1)[C@@]12OC=C[C@@H]1[C@H](c1ccccc1)O2. The highest BCUT2D eigenvalue weighted by molar-refractivity contribution is 5.30. The molecule has 1 N–H and O–H groups in total. The van der Waals surface area contributed by atoms with Crippen LogP contribution in [-0.2, 0) is 9.47 Å². The van der Waals surface area contributed by atoms with Gasteiger partial charge in [0.05, 0.1) is 18.3 Å². The molecule has 1 fully saturated rings. The highest BCUT2D eigenvalue weighted by atomic mass is 16.7. The first kappa shape index (κ1) is 12.6. The molecule has 106 valence electrons. The van der Waals surface area contributed by atoms with Crippen LogP contribution in [0.5, 0.6) is 0 Å². The normalized spacial score (nSPS) is 31.1. The molecule has 2 aromatic carbocycles. The van der Waals surface area contributed by atoms with Crippen LogP contribution in [0.4, 0.5) is 0 Å². The molecule has 2 aliphatic rings. The maximum Gasteiger partial charge on any atom is 0.249 e. The molecule has 0 unspecified atom stereocenters. The molecule has 2 aliphatic heterocycles. The summed E-state index contributed by atoms with van der Waals surface area (Å²) in [7, 11) is 0. The molecule has 0 spiro atoms. The minimum Gasteiger partial charge on any atom is -0.466 e. The van der Waals surface area contributed by atoms with Crippen molar-refractivity contribution in [1.29, 1.82) is 0 Å². The Morgan fingerprint density at radius 1 is 0.952 bits per heavy atom. The third-order valence-electron chi connectivity index (χ3n) is 4.26. The maximum atomic E-state index is 10.7. The molecule has 0 radical (unpaired) electrons. The van der Waals surface area contributed by atoms with Crippen LogP contribution in [0.2, 0.25) is 0 Å². The lowest BCUT2D eigenvalue weighted by Crippen LogP contribution is -2.57. The second-order valence-electron chi connectivity index (χ2n) is 5.46. The molecule has 0 aliphatic carbocycles. The number of rotatable bonds is 3. The number of hydrogen-bond acceptors (Lipinski definition) is 3. The molecule has 2 aromatic rings. The fourth-order valence-corrected chi connectivity index (χ4v) is 3.16. The van der Waals surface area contributed by atoms with Gasteiger partial charge in [-0.15, -0.1) is 0 Å². The first-order valence-corrected chi connectivity index (χ1v) is 7.11. The molecule has 21 heavy (non-hydrogen) atoms. The van der Waals surface area contributed by atoms with E-state index in [1.165, 1.54) is 0 Å². The van der Waals surface area contributed by atoms with Crippen molar-refractivity contribution in [3.63, 3.8) is 0 Å². The zero-order chi connectivity index (χ0) is 14.3. The van der Waals surface area contributed by atoms with E-state index in [0.29, 0.717) is 0 Å². The predicted octanol–water partition coefficient (Wildman–Crippen LogP) is 3.35. The summed E-state index contributed by atoms with van der Waals surface area (Å²) < 4.78 is 11.7. The van der Waals surface area contributed by atoms with Gasteiger partial charge >= 0.3 is 0 Å². The van der Waals surface area contributed by atoms with Crippen LogP contribution < -0.4 is 0 Å². The summed E-state index contributed by atoms with van der Waals surface area (Å²) in [5, 5.41) is 10.7. The molecule has 0 amide bonds. The van der Waals surface area contributed by atoms with Crippen LogP contribution >= 0.6 is 0 Å². The van der Waals surface area contributed by atoms with Crippen LogP contribution in [0.15, 0.2) is 73.0 Å². The van der Waals surface area contributed by atoms with Gasteiger partial charge in [0.2, 0.25) is 5.79 Å². The summed E-state index contributed by atoms with van der Waals surface area (Å²) in [5.74, 6) is -0.961. The Bertz CT molecular complexity index is 653. The molecule has 0 saturated carbocycles. The van der Waals surface area contributed by atoms with Crippen LogP contribution in [0.1, 0.15) is 23.3 Å². The van der Waals surface area contributed by atoms with E-state index in [1.807, 2.05) is 66.7 Å². The molecule has 0 bridgehead atoms. The average molecular weight is 280 g/mol. The van der Waals surface area contributed by atoms with E-state index >= 15 is 0 Å². The lowest BCUT2D eigenvalue weighted by molar-refractivity contribution is -0.381. The van der Waals surface area contributed by atoms with Gasteiger partial charge in [0.1, 0.15) is 6.10 Å². The summed E-state index contributed by atoms with van der Waals surface area (Å²) in [5.41, 5.74) is 1.91. The summed E-state index contributed by atoms with van der Waals surface area (Å²) in [6.07, 6.45) is 2.74. The number of benzene rings is 2. The van der Waals surface area contributed by atoms with Crippen molar-refractivity contribution >= 4 is 0 Å². The molecule has 0 aromatic heterocycles. The lowest BCUT2D eigenvalue weighted by Gasteiger charge is -2.51. The second kappa shape index (κ2) is 4.72.